The first-order chi connectivity index (χ1) is 18.8. The molecule has 0 atom stereocenters. The van der Waals surface area contributed by atoms with Crippen LogP contribution in [0, 0.1) is 13.8 Å². The summed E-state index contributed by atoms with van der Waals surface area (Å²) in [6, 6.07) is 11.6. The molecule has 1 saturated heterocycles. The van der Waals surface area contributed by atoms with E-state index in [4.69, 9.17) is 9.47 Å². The number of nitrogens with one attached hydrogen (secondary N) is 1. The van der Waals surface area contributed by atoms with Crippen molar-refractivity contribution >= 4 is 34.6 Å². The third-order valence-electron chi connectivity index (χ3n) is 6.98. The normalized spacial score (nSPS) is 18.2. The van der Waals surface area contributed by atoms with Gasteiger partial charge in [0.1, 0.15) is 5.70 Å². The Labute approximate surface area is 229 Å². The minimum atomic E-state index is -2.31. The lowest BCUT2D eigenvalue weighted by atomic mass is 10.1. The highest BCUT2D eigenvalue weighted by atomic mass is 32.2. The minimum Gasteiger partial charge on any atom is -0.454 e. The summed E-state index contributed by atoms with van der Waals surface area (Å²) in [5.74, 6) is -0.448. The highest BCUT2D eigenvalue weighted by Gasteiger charge is 2.35. The van der Waals surface area contributed by atoms with E-state index in [0.717, 1.165) is 43.5 Å². The van der Waals surface area contributed by atoms with E-state index in [0.29, 0.717) is 23.3 Å². The van der Waals surface area contributed by atoms with E-state index in [1.165, 1.54) is 21.7 Å². The molecule has 3 heterocycles. The van der Waals surface area contributed by atoms with Crippen molar-refractivity contribution in [3.05, 3.63) is 70.7 Å². The molecular weight excluding hydrogens is 529 g/mol. The number of aliphatic imine (C=N–C) groups is 1. The Morgan fingerprint density at radius 2 is 1.79 bits per heavy atom. The van der Waals surface area contributed by atoms with Crippen LogP contribution in [0.15, 0.2) is 59.0 Å². The molecule has 206 valence electrons. The molecule has 0 saturated carbocycles. The zero-order valence-corrected chi connectivity index (χ0v) is 22.6. The van der Waals surface area contributed by atoms with Crippen LogP contribution in [0.2, 0.25) is 0 Å². The number of allylic oxidation sites excluding steroid dienone is 1. The van der Waals surface area contributed by atoms with Gasteiger partial charge in [0.2, 0.25) is 6.79 Å². The van der Waals surface area contributed by atoms with E-state index >= 15 is 0 Å². The summed E-state index contributed by atoms with van der Waals surface area (Å²) in [6.07, 6.45) is -1.08. The van der Waals surface area contributed by atoms with Crippen LogP contribution in [0.5, 0.6) is 11.5 Å². The fourth-order valence-electron chi connectivity index (χ4n) is 5.00. The number of rotatable bonds is 7. The van der Waals surface area contributed by atoms with E-state index in [1.807, 2.05) is 0 Å². The quantitative estimate of drug-likeness (QED) is 0.517. The third kappa shape index (κ3) is 6.09. The number of quaternary nitrogens is 1. The first kappa shape index (κ1) is 27.1. The first-order valence-corrected chi connectivity index (χ1v) is 13.8. The van der Waals surface area contributed by atoms with Crippen molar-refractivity contribution in [2.75, 3.05) is 50.3 Å². The lowest BCUT2D eigenvalue weighted by Crippen LogP contribution is -3.16. The summed E-state index contributed by atoms with van der Waals surface area (Å²) in [5.41, 5.74) is 4.69. The molecule has 0 bridgehead atoms. The second kappa shape index (κ2) is 11.7. The molecule has 39 heavy (non-hydrogen) atoms. The number of hydrogen-bond acceptors (Lipinski definition) is 6. The standard InChI is InChI=1S/C28H29F3N4O3S/c1-18-4-3-5-19(2)25(18)34-11-9-33(10-12-34)16-35-27(36)22(32-28(35)39-13-8-21(29)26(30)31)14-20-6-7-23-24(15-20)38-17-37-23/h3-7,14-15H,8-13,16-17H2,1-2H3/p+1/b22-14-. The number of aryl methyl sites for hydroxylation is 2. The maximum atomic E-state index is 13.5. The van der Waals surface area contributed by atoms with E-state index in [1.54, 1.807) is 29.2 Å². The molecule has 2 aromatic rings. The van der Waals surface area contributed by atoms with Crippen LogP contribution < -0.4 is 19.3 Å². The molecule has 1 N–H and O–H groups in total. The predicted octanol–water partition coefficient (Wildman–Crippen LogP) is 4.13. The Hall–Kier alpha value is -3.44. The number of thioether (sulfide) groups is 1. The Morgan fingerprint density at radius 1 is 1.08 bits per heavy atom. The van der Waals surface area contributed by atoms with Gasteiger partial charge >= 0.3 is 6.08 Å². The molecule has 1 fully saturated rings. The van der Waals surface area contributed by atoms with Crippen molar-refractivity contribution in [3.63, 3.8) is 0 Å². The van der Waals surface area contributed by atoms with Crippen LogP contribution >= 0.6 is 11.8 Å². The molecule has 3 aliphatic rings. The highest BCUT2D eigenvalue weighted by Crippen LogP contribution is 2.34. The Bertz CT molecular complexity index is 1330. The summed E-state index contributed by atoms with van der Waals surface area (Å²) >= 11 is 1.10. The third-order valence-corrected chi connectivity index (χ3v) is 7.96. The van der Waals surface area contributed by atoms with Gasteiger partial charge in [0.05, 0.1) is 26.2 Å². The van der Waals surface area contributed by atoms with Crippen molar-refractivity contribution in [2.24, 2.45) is 4.99 Å². The zero-order chi connectivity index (χ0) is 27.5. The average molecular weight is 560 g/mol. The van der Waals surface area contributed by atoms with Crippen LogP contribution in [-0.2, 0) is 4.79 Å². The minimum absolute atomic E-state index is 0.0404. The van der Waals surface area contributed by atoms with Gasteiger partial charge in [-0.1, -0.05) is 36.0 Å². The number of carbonyl (C=O) groups is 1. The van der Waals surface area contributed by atoms with E-state index in [-0.39, 0.29) is 24.2 Å². The fraction of sp³-hybridized carbons (Fsp3) is 0.357. The summed E-state index contributed by atoms with van der Waals surface area (Å²) in [5, 5.41) is 0.392. The van der Waals surface area contributed by atoms with Crippen LogP contribution in [-0.4, -0.2) is 61.4 Å². The molecule has 11 heteroatoms. The van der Waals surface area contributed by atoms with Gasteiger partial charge in [-0.2, -0.15) is 8.78 Å². The Balaban J connectivity index is 1.30. The molecule has 5 rings (SSSR count). The molecule has 1 amide bonds. The summed E-state index contributed by atoms with van der Waals surface area (Å²) < 4.78 is 49.3. The number of para-hydroxylation sites is 1. The van der Waals surface area contributed by atoms with Gasteiger partial charge in [-0.3, -0.25) is 4.79 Å². The second-order valence-electron chi connectivity index (χ2n) is 9.67. The summed E-state index contributed by atoms with van der Waals surface area (Å²) in [7, 11) is 0. The van der Waals surface area contributed by atoms with Crippen molar-refractivity contribution in [2.45, 2.75) is 20.3 Å². The number of fused-ring (bicyclic) bond motifs is 1. The van der Waals surface area contributed by atoms with Gasteiger partial charge in [-0.15, -0.1) is 0 Å². The molecule has 0 aliphatic carbocycles. The van der Waals surface area contributed by atoms with Gasteiger partial charge in [0.25, 0.3) is 5.91 Å². The Morgan fingerprint density at radius 3 is 2.51 bits per heavy atom. The molecule has 2 aromatic carbocycles. The van der Waals surface area contributed by atoms with Crippen molar-refractivity contribution in [1.29, 1.82) is 0 Å². The van der Waals surface area contributed by atoms with E-state index < -0.39 is 18.3 Å². The Kier molecular flexibility index (Phi) is 8.18. The largest absolute Gasteiger partial charge is 0.454 e. The lowest BCUT2D eigenvalue weighted by molar-refractivity contribution is -0.907. The number of ether oxygens (including phenoxy) is 2. The average Bonchev–Trinajstić information content (AvgIpc) is 3.49. The molecule has 7 nitrogen and oxygen atoms in total. The van der Waals surface area contributed by atoms with Gasteiger partial charge in [0, 0.05) is 17.9 Å². The molecule has 0 spiro atoms. The monoisotopic (exact) mass is 559 g/mol. The zero-order valence-electron chi connectivity index (χ0n) is 21.8. The second-order valence-corrected chi connectivity index (χ2v) is 10.7. The number of benzene rings is 2. The van der Waals surface area contributed by atoms with E-state index in [9.17, 15) is 18.0 Å². The molecule has 3 aliphatic heterocycles. The first-order valence-electron chi connectivity index (χ1n) is 12.8. The number of anilines is 1. The number of amidine groups is 1. The number of amides is 1. The molecular formula is C28H30F3N4O3S+. The van der Waals surface area contributed by atoms with E-state index in [2.05, 4.69) is 41.9 Å². The number of carbonyl (C=O) groups excluding carboxylic acids is 1. The topological polar surface area (TPSA) is 58.8 Å². The summed E-state index contributed by atoms with van der Waals surface area (Å²) in [4.78, 5) is 23.2. The van der Waals surface area contributed by atoms with Crippen molar-refractivity contribution in [3.8, 4) is 11.5 Å². The van der Waals surface area contributed by atoms with Gasteiger partial charge < -0.3 is 19.3 Å². The maximum absolute atomic E-state index is 13.5. The van der Waals surface area contributed by atoms with Crippen LogP contribution in [0.4, 0.5) is 18.9 Å². The molecule has 0 radical (unpaired) electrons. The number of hydrogen-bond donors (Lipinski definition) is 1. The highest BCUT2D eigenvalue weighted by molar-refractivity contribution is 8.13. The number of nitrogens with zero attached hydrogens (tertiary/aromatic N) is 3. The number of piperazine rings is 1. The van der Waals surface area contributed by atoms with Crippen LogP contribution in [0.25, 0.3) is 6.08 Å². The lowest BCUT2D eigenvalue weighted by Gasteiger charge is -2.36. The van der Waals surface area contributed by atoms with Gasteiger partial charge in [-0.05, 0) is 48.7 Å². The number of halogens is 3. The summed E-state index contributed by atoms with van der Waals surface area (Å²) in [6.45, 7) is 8.09. The SMILES string of the molecule is Cc1cccc(C)c1N1CC[NH+](CN2C(=O)/C(=C/c3ccc4c(c3)OCO4)N=C2SCCC(F)=C(F)F)CC1. The van der Waals surface area contributed by atoms with Crippen molar-refractivity contribution in [1.82, 2.24) is 4.90 Å². The van der Waals surface area contributed by atoms with Crippen LogP contribution in [0.1, 0.15) is 23.1 Å². The van der Waals surface area contributed by atoms with Gasteiger partial charge in [-0.25, -0.2) is 14.3 Å². The van der Waals surface area contributed by atoms with Crippen LogP contribution in [0.3, 0.4) is 0 Å². The predicted molar refractivity (Wildman–Crippen MR) is 146 cm³/mol. The molecule has 0 aromatic heterocycles. The van der Waals surface area contributed by atoms with Gasteiger partial charge in [0.15, 0.2) is 29.2 Å². The molecule has 0 unspecified atom stereocenters. The smallest absolute Gasteiger partial charge is 0.301 e. The fourth-order valence-corrected chi connectivity index (χ4v) is 5.93. The van der Waals surface area contributed by atoms with Crippen molar-refractivity contribution < 1.29 is 32.3 Å². The maximum Gasteiger partial charge on any atom is 0.301 e.